The largest absolute Gasteiger partial charge is 0.372 e. The van der Waals surface area contributed by atoms with E-state index in [-0.39, 0.29) is 5.91 Å². The molecule has 3 rings (SSSR count). The van der Waals surface area contributed by atoms with Crippen LogP contribution < -0.4 is 5.32 Å². The third kappa shape index (κ3) is 2.68. The summed E-state index contributed by atoms with van der Waals surface area (Å²) in [5, 5.41) is 10.8. The van der Waals surface area contributed by atoms with E-state index in [1.165, 1.54) is 12.8 Å². The van der Waals surface area contributed by atoms with Gasteiger partial charge in [0.25, 0.3) is 5.91 Å². The van der Waals surface area contributed by atoms with Crippen molar-refractivity contribution in [3.8, 4) is 0 Å². The molecule has 0 radical (unpaired) electrons. The number of anilines is 1. The van der Waals surface area contributed by atoms with E-state index < -0.39 is 0 Å². The second-order valence-electron chi connectivity index (χ2n) is 5.11. The molecule has 0 aromatic carbocycles. The van der Waals surface area contributed by atoms with Crippen LogP contribution in [-0.4, -0.2) is 65.2 Å². The van der Waals surface area contributed by atoms with Gasteiger partial charge < -0.3 is 10.2 Å². The summed E-state index contributed by atoms with van der Waals surface area (Å²) in [6.45, 7) is 3.56. The van der Waals surface area contributed by atoms with Crippen LogP contribution in [0.5, 0.6) is 0 Å². The van der Waals surface area contributed by atoms with Crippen molar-refractivity contribution in [3.63, 3.8) is 0 Å². The minimum atomic E-state index is -0.00870. The third-order valence-corrected chi connectivity index (χ3v) is 3.80. The van der Waals surface area contributed by atoms with Crippen LogP contribution in [0.15, 0.2) is 12.1 Å². The number of carbonyl (C=O) groups is 1. The topological polar surface area (TPSA) is 61.4 Å². The molecule has 0 bridgehead atoms. The first-order valence-electron chi connectivity index (χ1n) is 6.83. The lowest BCUT2D eigenvalue weighted by molar-refractivity contribution is 0.0620. The molecule has 1 aromatic rings. The van der Waals surface area contributed by atoms with Crippen molar-refractivity contribution < 1.29 is 4.79 Å². The van der Waals surface area contributed by atoms with Gasteiger partial charge in [-0.3, -0.25) is 9.69 Å². The number of amides is 1. The summed E-state index contributed by atoms with van der Waals surface area (Å²) < 4.78 is 0. The molecule has 2 aliphatic rings. The van der Waals surface area contributed by atoms with Crippen molar-refractivity contribution in [2.75, 3.05) is 38.5 Å². The molecule has 1 aliphatic heterocycles. The van der Waals surface area contributed by atoms with E-state index in [1.807, 2.05) is 4.90 Å². The number of piperazine rings is 1. The summed E-state index contributed by atoms with van der Waals surface area (Å²) in [7, 11) is 1.78. The number of carbonyl (C=O) groups excluding carboxylic acids is 1. The summed E-state index contributed by atoms with van der Waals surface area (Å²) in [6, 6.07) is 4.29. The molecule has 0 unspecified atom stereocenters. The number of nitrogens with one attached hydrogen (secondary N) is 1. The molecular weight excluding hydrogens is 242 g/mol. The Morgan fingerprint density at radius 3 is 2.47 bits per heavy atom. The molecule has 1 aliphatic carbocycles. The van der Waals surface area contributed by atoms with Crippen molar-refractivity contribution in [1.29, 1.82) is 0 Å². The highest BCUT2D eigenvalue weighted by Crippen LogP contribution is 2.27. The summed E-state index contributed by atoms with van der Waals surface area (Å²) in [5.74, 6) is 0.667. The van der Waals surface area contributed by atoms with Gasteiger partial charge in [0.1, 0.15) is 5.82 Å². The van der Waals surface area contributed by atoms with E-state index in [2.05, 4.69) is 20.4 Å². The molecule has 0 atom stereocenters. The highest BCUT2D eigenvalue weighted by Gasteiger charge is 2.32. The van der Waals surface area contributed by atoms with Crippen LogP contribution in [0.2, 0.25) is 0 Å². The van der Waals surface area contributed by atoms with Crippen LogP contribution in [0.25, 0.3) is 0 Å². The van der Waals surface area contributed by atoms with Gasteiger partial charge in [0.2, 0.25) is 0 Å². The Balaban J connectivity index is 1.60. The van der Waals surface area contributed by atoms with Gasteiger partial charge in [-0.15, -0.1) is 10.2 Å². The Hall–Kier alpha value is -1.69. The normalized spacial score (nSPS) is 20.4. The van der Waals surface area contributed by atoms with Crippen LogP contribution in [0, 0.1) is 0 Å². The zero-order chi connectivity index (χ0) is 13.2. The molecule has 6 heteroatoms. The predicted molar refractivity (Wildman–Crippen MR) is 72.1 cm³/mol. The molecule has 1 amide bonds. The summed E-state index contributed by atoms with van der Waals surface area (Å²) >= 11 is 0. The van der Waals surface area contributed by atoms with Gasteiger partial charge in [0, 0.05) is 39.3 Å². The second kappa shape index (κ2) is 5.13. The minimum absolute atomic E-state index is 0.00870. The smallest absolute Gasteiger partial charge is 0.274 e. The van der Waals surface area contributed by atoms with E-state index in [0.717, 1.165) is 32.2 Å². The van der Waals surface area contributed by atoms with Crippen molar-refractivity contribution in [2.24, 2.45) is 0 Å². The standard InChI is InChI=1S/C13H19N5O/c1-14-12-5-4-11(15-16-12)13(19)18-8-6-17(7-9-18)10-2-3-10/h4-5,10H,2-3,6-9H2,1H3,(H,14,16). The first kappa shape index (κ1) is 12.3. The average molecular weight is 261 g/mol. The van der Waals surface area contributed by atoms with Crippen LogP contribution in [0.3, 0.4) is 0 Å². The van der Waals surface area contributed by atoms with E-state index in [1.54, 1.807) is 19.2 Å². The first-order valence-corrected chi connectivity index (χ1v) is 6.83. The molecule has 19 heavy (non-hydrogen) atoms. The number of rotatable bonds is 3. The molecule has 2 heterocycles. The van der Waals surface area contributed by atoms with Crippen LogP contribution in [0.4, 0.5) is 5.82 Å². The SMILES string of the molecule is CNc1ccc(C(=O)N2CCN(C3CC3)CC2)nn1. The average Bonchev–Trinajstić information content (AvgIpc) is 3.31. The maximum absolute atomic E-state index is 12.3. The van der Waals surface area contributed by atoms with Gasteiger partial charge in [-0.05, 0) is 25.0 Å². The number of nitrogens with zero attached hydrogens (tertiary/aromatic N) is 4. The van der Waals surface area contributed by atoms with Gasteiger partial charge in [0.05, 0.1) is 0 Å². The van der Waals surface area contributed by atoms with Crippen LogP contribution in [-0.2, 0) is 0 Å². The van der Waals surface area contributed by atoms with E-state index >= 15 is 0 Å². The van der Waals surface area contributed by atoms with Crippen molar-refractivity contribution in [3.05, 3.63) is 17.8 Å². The Morgan fingerprint density at radius 2 is 1.95 bits per heavy atom. The fourth-order valence-electron chi connectivity index (χ4n) is 2.47. The van der Waals surface area contributed by atoms with Crippen molar-refractivity contribution in [1.82, 2.24) is 20.0 Å². The van der Waals surface area contributed by atoms with Crippen LogP contribution in [0.1, 0.15) is 23.3 Å². The van der Waals surface area contributed by atoms with Crippen molar-refractivity contribution in [2.45, 2.75) is 18.9 Å². The molecule has 1 N–H and O–H groups in total. The maximum Gasteiger partial charge on any atom is 0.274 e. The minimum Gasteiger partial charge on any atom is -0.372 e. The predicted octanol–water partition coefficient (Wildman–Crippen LogP) is 0.438. The summed E-state index contributed by atoms with van der Waals surface area (Å²) in [4.78, 5) is 16.6. The van der Waals surface area contributed by atoms with Gasteiger partial charge in [-0.2, -0.15) is 0 Å². The van der Waals surface area contributed by atoms with Gasteiger partial charge in [-0.1, -0.05) is 0 Å². The van der Waals surface area contributed by atoms with Gasteiger partial charge >= 0.3 is 0 Å². The number of aromatic nitrogens is 2. The highest BCUT2D eigenvalue weighted by atomic mass is 16.2. The Kier molecular flexibility index (Phi) is 3.33. The van der Waals surface area contributed by atoms with E-state index in [9.17, 15) is 4.79 Å². The fraction of sp³-hybridized carbons (Fsp3) is 0.615. The van der Waals surface area contributed by atoms with Gasteiger partial charge in [-0.25, -0.2) is 0 Å². The molecule has 102 valence electrons. The maximum atomic E-state index is 12.3. The number of hydrogen-bond donors (Lipinski definition) is 1. The van der Waals surface area contributed by atoms with E-state index in [4.69, 9.17) is 0 Å². The molecule has 1 saturated carbocycles. The van der Waals surface area contributed by atoms with Crippen molar-refractivity contribution >= 4 is 11.7 Å². The lowest BCUT2D eigenvalue weighted by atomic mass is 10.2. The lowest BCUT2D eigenvalue weighted by Crippen LogP contribution is -2.49. The Labute approximate surface area is 112 Å². The Morgan fingerprint density at radius 1 is 1.21 bits per heavy atom. The zero-order valence-electron chi connectivity index (χ0n) is 11.2. The zero-order valence-corrected chi connectivity index (χ0v) is 11.2. The quantitative estimate of drug-likeness (QED) is 0.855. The monoisotopic (exact) mass is 261 g/mol. The lowest BCUT2D eigenvalue weighted by Gasteiger charge is -2.34. The molecule has 6 nitrogen and oxygen atoms in total. The summed E-state index contributed by atoms with van der Waals surface area (Å²) in [5.41, 5.74) is 0.430. The third-order valence-electron chi connectivity index (χ3n) is 3.80. The molecule has 1 aromatic heterocycles. The first-order chi connectivity index (χ1) is 9.28. The Bertz CT molecular complexity index is 449. The summed E-state index contributed by atoms with van der Waals surface area (Å²) in [6.07, 6.45) is 2.65. The van der Waals surface area contributed by atoms with Gasteiger partial charge in [0.15, 0.2) is 5.69 Å². The molecule has 1 saturated heterocycles. The fourth-order valence-corrected chi connectivity index (χ4v) is 2.47. The van der Waals surface area contributed by atoms with E-state index in [0.29, 0.717) is 11.5 Å². The highest BCUT2D eigenvalue weighted by molar-refractivity contribution is 5.92. The number of hydrogen-bond acceptors (Lipinski definition) is 5. The molecule has 0 spiro atoms. The molecular formula is C13H19N5O. The molecule has 2 fully saturated rings. The van der Waals surface area contributed by atoms with Crippen LogP contribution >= 0.6 is 0 Å². The second-order valence-corrected chi connectivity index (χ2v) is 5.11.